The molecule has 1 heterocycles. The molecule has 0 unspecified atom stereocenters. The van der Waals surface area contributed by atoms with E-state index in [1.54, 1.807) is 20.8 Å². The minimum absolute atomic E-state index is 0.0411. The number of amides is 1. The fourth-order valence-electron chi connectivity index (χ4n) is 1.20. The Morgan fingerprint density at radius 1 is 1.50 bits per heavy atom. The molecule has 0 aliphatic heterocycles. The lowest BCUT2D eigenvalue weighted by Crippen LogP contribution is -2.27. The van der Waals surface area contributed by atoms with E-state index in [1.807, 2.05) is 0 Å². The molecule has 1 amide bonds. The topological polar surface area (TPSA) is 60.5 Å². The van der Waals surface area contributed by atoms with E-state index in [0.717, 1.165) is 0 Å². The number of aromatic nitrogens is 1. The molecule has 1 N–H and O–H groups in total. The van der Waals surface area contributed by atoms with Crippen molar-refractivity contribution in [1.29, 1.82) is 0 Å². The monoisotopic (exact) mass is 352 g/mol. The number of hydrogen-bond acceptors (Lipinski definition) is 4. The zero-order chi connectivity index (χ0) is 15.3. The van der Waals surface area contributed by atoms with Crippen molar-refractivity contribution in [1.82, 2.24) is 4.98 Å². The molecule has 0 saturated heterocycles. The quantitative estimate of drug-likeness (QED) is 0.836. The maximum Gasteiger partial charge on any atom is 0.412 e. The van der Waals surface area contributed by atoms with Crippen molar-refractivity contribution >= 4 is 27.7 Å². The first kappa shape index (κ1) is 16.6. The summed E-state index contributed by atoms with van der Waals surface area (Å²) in [5.41, 5.74) is -0.472. The Morgan fingerprint density at radius 2 is 2.15 bits per heavy atom. The van der Waals surface area contributed by atoms with Gasteiger partial charge in [0.1, 0.15) is 16.8 Å². The highest BCUT2D eigenvalue weighted by Gasteiger charge is 2.18. The molecule has 1 aromatic heterocycles. The van der Waals surface area contributed by atoms with E-state index in [2.05, 4.69) is 26.2 Å². The molecule has 0 radical (unpaired) electrons. The summed E-state index contributed by atoms with van der Waals surface area (Å²) in [6, 6.07) is 1.44. The number of nitrogens with one attached hydrogen (secondary N) is 1. The van der Waals surface area contributed by atoms with Crippen molar-refractivity contribution in [2.24, 2.45) is 0 Å². The largest absolute Gasteiger partial charge is 0.484 e. The third-order valence-electron chi connectivity index (χ3n) is 1.83. The lowest BCUT2D eigenvalue weighted by Gasteiger charge is -2.20. The predicted octanol–water partition coefficient (Wildman–Crippen LogP) is 3.84. The fraction of sp³-hybridized carbons (Fsp3) is 0.500. The standard InChI is InChI=1S/C12H15BrF2N2O3/c1-12(2,3)20-11(18)17-7-4-9(13)16-5-8(7)19-6-10(14)15/h4-5,10H,6H2,1-3H3,(H,16,17,18). The van der Waals surface area contributed by atoms with Crippen LogP contribution in [0.25, 0.3) is 0 Å². The molecule has 1 rings (SSSR count). The zero-order valence-electron chi connectivity index (χ0n) is 11.2. The van der Waals surface area contributed by atoms with Crippen LogP contribution in [0.15, 0.2) is 16.9 Å². The molecule has 0 saturated carbocycles. The normalized spacial score (nSPS) is 11.3. The number of halogens is 3. The van der Waals surface area contributed by atoms with Crippen LogP contribution < -0.4 is 10.1 Å². The van der Waals surface area contributed by atoms with Gasteiger partial charge in [-0.15, -0.1) is 0 Å². The second-order valence-electron chi connectivity index (χ2n) is 4.83. The number of carbonyl (C=O) groups excluding carboxylic acids is 1. The average Bonchev–Trinajstić information content (AvgIpc) is 2.24. The lowest BCUT2D eigenvalue weighted by molar-refractivity contribution is 0.0634. The molecule has 0 bridgehead atoms. The summed E-state index contributed by atoms with van der Waals surface area (Å²) in [6.07, 6.45) is -2.09. The summed E-state index contributed by atoms with van der Waals surface area (Å²) >= 11 is 3.12. The van der Waals surface area contributed by atoms with E-state index in [-0.39, 0.29) is 11.4 Å². The van der Waals surface area contributed by atoms with Crippen LogP contribution >= 0.6 is 15.9 Å². The summed E-state index contributed by atoms with van der Waals surface area (Å²) < 4.78 is 34.7. The summed E-state index contributed by atoms with van der Waals surface area (Å²) in [5, 5.41) is 2.43. The van der Waals surface area contributed by atoms with Gasteiger partial charge in [-0.25, -0.2) is 18.6 Å². The maximum absolute atomic E-state index is 12.1. The minimum Gasteiger partial charge on any atom is -0.484 e. The predicted molar refractivity (Wildman–Crippen MR) is 73.3 cm³/mol. The van der Waals surface area contributed by atoms with Crippen LogP contribution in [-0.4, -0.2) is 29.7 Å². The highest BCUT2D eigenvalue weighted by molar-refractivity contribution is 9.10. The summed E-state index contributed by atoms with van der Waals surface area (Å²) in [5.74, 6) is 0.0411. The number of alkyl halides is 2. The Hall–Kier alpha value is -1.44. The van der Waals surface area contributed by atoms with Crippen molar-refractivity contribution in [2.45, 2.75) is 32.8 Å². The molecule has 5 nitrogen and oxygen atoms in total. The van der Waals surface area contributed by atoms with Gasteiger partial charge < -0.3 is 9.47 Å². The first-order valence-corrected chi connectivity index (χ1v) is 6.53. The summed E-state index contributed by atoms with van der Waals surface area (Å²) in [4.78, 5) is 15.5. The molecular weight excluding hydrogens is 338 g/mol. The van der Waals surface area contributed by atoms with Crippen LogP contribution in [0.2, 0.25) is 0 Å². The van der Waals surface area contributed by atoms with Crippen molar-refractivity contribution in [3.05, 3.63) is 16.9 Å². The van der Waals surface area contributed by atoms with E-state index in [0.29, 0.717) is 4.60 Å². The Kier molecular flexibility index (Phi) is 5.67. The molecule has 112 valence electrons. The SMILES string of the molecule is CC(C)(C)OC(=O)Nc1cc(Br)ncc1OCC(F)F. The van der Waals surface area contributed by atoms with Crippen LogP contribution in [0.1, 0.15) is 20.8 Å². The van der Waals surface area contributed by atoms with E-state index < -0.39 is 24.7 Å². The number of nitrogens with zero attached hydrogens (tertiary/aromatic N) is 1. The van der Waals surface area contributed by atoms with E-state index in [1.165, 1.54) is 12.3 Å². The molecular formula is C12H15BrF2N2O3. The van der Waals surface area contributed by atoms with Crippen molar-refractivity contribution in [3.63, 3.8) is 0 Å². The van der Waals surface area contributed by atoms with Gasteiger partial charge in [0.05, 0.1) is 11.9 Å². The maximum atomic E-state index is 12.1. The van der Waals surface area contributed by atoms with Crippen LogP contribution in [0, 0.1) is 0 Å². The van der Waals surface area contributed by atoms with Gasteiger partial charge in [0.25, 0.3) is 6.43 Å². The third kappa shape index (κ3) is 6.14. The highest BCUT2D eigenvalue weighted by Crippen LogP contribution is 2.27. The first-order valence-electron chi connectivity index (χ1n) is 5.74. The second-order valence-corrected chi connectivity index (χ2v) is 5.64. The smallest absolute Gasteiger partial charge is 0.412 e. The molecule has 0 aliphatic carbocycles. The number of hydrogen-bond donors (Lipinski definition) is 1. The van der Waals surface area contributed by atoms with Crippen LogP contribution in [0.3, 0.4) is 0 Å². The molecule has 1 aromatic rings. The van der Waals surface area contributed by atoms with Gasteiger partial charge in [0.15, 0.2) is 5.75 Å². The Balaban J connectivity index is 2.81. The first-order chi connectivity index (χ1) is 9.17. The van der Waals surface area contributed by atoms with Gasteiger partial charge in [0.2, 0.25) is 0 Å². The molecule has 0 fully saturated rings. The van der Waals surface area contributed by atoms with Gasteiger partial charge in [-0.1, -0.05) is 0 Å². The number of pyridine rings is 1. The van der Waals surface area contributed by atoms with Crippen LogP contribution in [0.4, 0.5) is 19.3 Å². The zero-order valence-corrected chi connectivity index (χ0v) is 12.8. The van der Waals surface area contributed by atoms with E-state index in [4.69, 9.17) is 9.47 Å². The van der Waals surface area contributed by atoms with Gasteiger partial charge in [0, 0.05) is 0 Å². The van der Waals surface area contributed by atoms with Gasteiger partial charge in [-0.2, -0.15) is 0 Å². The third-order valence-corrected chi connectivity index (χ3v) is 2.27. The van der Waals surface area contributed by atoms with Crippen molar-refractivity contribution in [3.8, 4) is 5.75 Å². The lowest BCUT2D eigenvalue weighted by atomic mass is 10.2. The van der Waals surface area contributed by atoms with Gasteiger partial charge in [-0.05, 0) is 42.8 Å². The van der Waals surface area contributed by atoms with Crippen LogP contribution in [0.5, 0.6) is 5.75 Å². The number of ether oxygens (including phenoxy) is 2. The number of rotatable bonds is 4. The number of anilines is 1. The van der Waals surface area contributed by atoms with Gasteiger partial charge >= 0.3 is 6.09 Å². The van der Waals surface area contributed by atoms with Crippen molar-refractivity contribution in [2.75, 3.05) is 11.9 Å². The molecule has 0 spiro atoms. The van der Waals surface area contributed by atoms with E-state index >= 15 is 0 Å². The Morgan fingerprint density at radius 3 is 2.70 bits per heavy atom. The van der Waals surface area contributed by atoms with E-state index in [9.17, 15) is 13.6 Å². The second kappa shape index (κ2) is 6.83. The fourth-order valence-corrected chi connectivity index (χ4v) is 1.53. The van der Waals surface area contributed by atoms with Crippen LogP contribution in [-0.2, 0) is 4.74 Å². The average molecular weight is 353 g/mol. The molecule has 8 heteroatoms. The highest BCUT2D eigenvalue weighted by atomic mass is 79.9. The Labute approximate surface area is 123 Å². The molecule has 0 atom stereocenters. The van der Waals surface area contributed by atoms with Crippen molar-refractivity contribution < 1.29 is 23.0 Å². The molecule has 0 aromatic carbocycles. The minimum atomic E-state index is -2.62. The Bertz CT molecular complexity index is 478. The molecule has 0 aliphatic rings. The summed E-state index contributed by atoms with van der Waals surface area (Å²) in [6.45, 7) is 4.35. The van der Waals surface area contributed by atoms with Gasteiger partial charge in [-0.3, -0.25) is 5.32 Å². The summed E-state index contributed by atoms with van der Waals surface area (Å²) in [7, 11) is 0. The molecule has 20 heavy (non-hydrogen) atoms. The number of carbonyl (C=O) groups is 1.